The van der Waals surface area contributed by atoms with Crippen molar-refractivity contribution in [1.29, 1.82) is 0 Å². The summed E-state index contributed by atoms with van der Waals surface area (Å²) in [4.78, 5) is 72.5. The van der Waals surface area contributed by atoms with Crippen LogP contribution in [0.1, 0.15) is 363 Å². The van der Waals surface area contributed by atoms with Gasteiger partial charge in [-0.3, -0.25) is 37.3 Å². The van der Waals surface area contributed by atoms with Crippen LogP contribution in [0, 0.1) is 17.8 Å². The van der Waals surface area contributed by atoms with Gasteiger partial charge in [0.2, 0.25) is 0 Å². The van der Waals surface area contributed by atoms with E-state index >= 15 is 0 Å². The first-order valence-corrected chi connectivity index (χ1v) is 40.3. The number of carbonyl (C=O) groups excluding carboxylic acids is 4. The smallest absolute Gasteiger partial charge is 0.462 e. The van der Waals surface area contributed by atoms with E-state index < -0.39 is 97.5 Å². The van der Waals surface area contributed by atoms with E-state index in [1.165, 1.54) is 167 Å². The average Bonchev–Trinajstić information content (AvgIpc) is 3.70. The fourth-order valence-electron chi connectivity index (χ4n) is 10.9. The predicted molar refractivity (Wildman–Crippen MR) is 368 cm³/mol. The Balaban J connectivity index is 5.21. The second-order valence-electron chi connectivity index (χ2n) is 27.4. The van der Waals surface area contributed by atoms with Gasteiger partial charge >= 0.3 is 39.5 Å². The van der Waals surface area contributed by atoms with E-state index in [-0.39, 0.29) is 25.7 Å². The Morgan fingerprint density at radius 3 is 0.747 bits per heavy atom. The summed E-state index contributed by atoms with van der Waals surface area (Å²) >= 11 is 0. The second kappa shape index (κ2) is 62.8. The average molecular weight is 1340 g/mol. The molecule has 5 atom stereocenters. The van der Waals surface area contributed by atoms with Gasteiger partial charge in [-0.1, -0.05) is 312 Å². The molecule has 0 radical (unpaired) electrons. The van der Waals surface area contributed by atoms with Gasteiger partial charge in [0.1, 0.15) is 19.3 Å². The molecule has 19 heteroatoms. The highest BCUT2D eigenvalue weighted by molar-refractivity contribution is 7.47. The molecule has 0 aliphatic rings. The van der Waals surface area contributed by atoms with Crippen molar-refractivity contribution >= 4 is 39.5 Å². The maximum absolute atomic E-state index is 13.0. The second-order valence-corrected chi connectivity index (χ2v) is 30.3. The molecule has 17 nitrogen and oxygen atoms in total. The molecular formula is C72H140O17P2. The summed E-state index contributed by atoms with van der Waals surface area (Å²) < 4.78 is 68.3. The lowest BCUT2D eigenvalue weighted by molar-refractivity contribution is -0.161. The van der Waals surface area contributed by atoms with Gasteiger partial charge < -0.3 is 33.8 Å². The Morgan fingerprint density at radius 2 is 0.505 bits per heavy atom. The van der Waals surface area contributed by atoms with Crippen molar-refractivity contribution in [3.8, 4) is 0 Å². The first kappa shape index (κ1) is 89.1. The molecule has 0 aromatic carbocycles. The van der Waals surface area contributed by atoms with Gasteiger partial charge in [0, 0.05) is 25.7 Å². The summed E-state index contributed by atoms with van der Waals surface area (Å²) in [6, 6.07) is 0. The summed E-state index contributed by atoms with van der Waals surface area (Å²) in [7, 11) is -9.90. The van der Waals surface area contributed by atoms with Crippen LogP contribution in [-0.4, -0.2) is 96.7 Å². The van der Waals surface area contributed by atoms with Gasteiger partial charge in [-0.05, 0) is 43.4 Å². The minimum atomic E-state index is -4.95. The first-order valence-electron chi connectivity index (χ1n) is 37.3. The number of aliphatic hydroxyl groups excluding tert-OH is 1. The van der Waals surface area contributed by atoms with Crippen LogP contribution in [0.25, 0.3) is 0 Å². The molecule has 0 heterocycles. The minimum Gasteiger partial charge on any atom is -0.462 e. The lowest BCUT2D eigenvalue weighted by Crippen LogP contribution is -2.30. The van der Waals surface area contributed by atoms with Gasteiger partial charge in [0.15, 0.2) is 12.2 Å². The molecule has 0 saturated heterocycles. The van der Waals surface area contributed by atoms with Gasteiger partial charge in [0.05, 0.1) is 26.4 Å². The van der Waals surface area contributed by atoms with Crippen molar-refractivity contribution in [2.45, 2.75) is 381 Å². The Bertz CT molecular complexity index is 1780. The van der Waals surface area contributed by atoms with Crippen LogP contribution in [0.5, 0.6) is 0 Å². The SMILES string of the molecule is CCCCCCCCCCC(=O)OC[C@H](COP(=O)(O)OC[C@H](O)COP(=O)(O)OC[C@@H](COC(=O)CCCCCCCCCCCCC(C)C)OC(=O)CCCCCCCCCCCCCCCCCC(C)C)OC(=O)CCCCCCCCCCCC(C)C. The molecule has 0 bridgehead atoms. The molecule has 91 heavy (non-hydrogen) atoms. The molecule has 0 aliphatic heterocycles. The molecule has 0 spiro atoms. The zero-order valence-corrected chi connectivity index (χ0v) is 61.1. The summed E-state index contributed by atoms with van der Waals surface area (Å²) in [6.45, 7) is 11.8. The van der Waals surface area contributed by atoms with Gasteiger partial charge in [-0.15, -0.1) is 0 Å². The van der Waals surface area contributed by atoms with Crippen molar-refractivity contribution in [2.75, 3.05) is 39.6 Å². The molecule has 2 unspecified atom stereocenters. The van der Waals surface area contributed by atoms with E-state index in [0.717, 1.165) is 114 Å². The quantitative estimate of drug-likeness (QED) is 0.0222. The molecule has 0 amide bonds. The lowest BCUT2D eigenvalue weighted by atomic mass is 10.0. The van der Waals surface area contributed by atoms with E-state index in [0.29, 0.717) is 25.7 Å². The Labute approximate surface area is 556 Å². The number of ether oxygens (including phenoxy) is 4. The largest absolute Gasteiger partial charge is 0.472 e. The minimum absolute atomic E-state index is 0.105. The van der Waals surface area contributed by atoms with Crippen molar-refractivity contribution in [3.63, 3.8) is 0 Å². The molecular weight excluding hydrogens is 1200 g/mol. The van der Waals surface area contributed by atoms with E-state index in [2.05, 4.69) is 48.5 Å². The highest BCUT2D eigenvalue weighted by atomic mass is 31.2. The summed E-state index contributed by atoms with van der Waals surface area (Å²) in [5, 5.41) is 10.6. The molecule has 0 aromatic heterocycles. The predicted octanol–water partition coefficient (Wildman–Crippen LogP) is 20.6. The molecule has 0 saturated carbocycles. The number of phosphoric acid groups is 2. The molecule has 3 N–H and O–H groups in total. The monoisotopic (exact) mass is 1340 g/mol. The zero-order chi connectivity index (χ0) is 67.3. The van der Waals surface area contributed by atoms with Crippen molar-refractivity contribution in [3.05, 3.63) is 0 Å². The van der Waals surface area contributed by atoms with Crippen molar-refractivity contribution < 1.29 is 80.2 Å². The molecule has 0 rings (SSSR count). The lowest BCUT2D eigenvalue weighted by Gasteiger charge is -2.21. The van der Waals surface area contributed by atoms with E-state index in [9.17, 15) is 43.2 Å². The summed E-state index contributed by atoms with van der Waals surface area (Å²) in [6.07, 6.45) is 47.2. The number of hydrogen-bond acceptors (Lipinski definition) is 15. The van der Waals surface area contributed by atoms with Crippen LogP contribution in [0.4, 0.5) is 0 Å². The van der Waals surface area contributed by atoms with Crippen LogP contribution >= 0.6 is 15.6 Å². The van der Waals surface area contributed by atoms with Crippen molar-refractivity contribution in [2.24, 2.45) is 17.8 Å². The number of rotatable bonds is 70. The van der Waals surface area contributed by atoms with Crippen molar-refractivity contribution in [1.82, 2.24) is 0 Å². The highest BCUT2D eigenvalue weighted by Gasteiger charge is 2.30. The highest BCUT2D eigenvalue weighted by Crippen LogP contribution is 2.45. The fraction of sp³-hybridized carbons (Fsp3) is 0.944. The number of aliphatic hydroxyl groups is 1. The van der Waals surface area contributed by atoms with Crippen LogP contribution < -0.4 is 0 Å². The van der Waals surface area contributed by atoms with Gasteiger partial charge in [-0.2, -0.15) is 0 Å². The van der Waals surface area contributed by atoms with Crippen LogP contribution in [0.2, 0.25) is 0 Å². The van der Waals surface area contributed by atoms with Crippen LogP contribution in [0.3, 0.4) is 0 Å². The normalized spacial score (nSPS) is 14.2. The number of esters is 4. The molecule has 0 aromatic rings. The summed E-state index contributed by atoms with van der Waals surface area (Å²) in [5.41, 5.74) is 0. The standard InChI is InChI=1S/C72H140O17P2/c1-8-9-10-11-12-32-39-46-53-69(74)82-59-67(89-72(77)56-49-42-35-28-22-25-31-38-45-52-65(6)7)61-86-90(78,79)84-57-66(73)58-85-91(80,81)87-62-68(60-83-70(75)54-47-40-33-26-21-20-24-30-37-44-51-64(4)5)88-71(76)55-48-41-34-27-19-17-15-13-14-16-18-23-29-36-43-50-63(2)3/h63-68,73H,8-62H2,1-7H3,(H,78,79)(H,80,81)/t66-,67+,68+/m0/s1. The fourth-order valence-corrected chi connectivity index (χ4v) is 12.5. The Morgan fingerprint density at radius 1 is 0.297 bits per heavy atom. The van der Waals surface area contributed by atoms with Gasteiger partial charge in [-0.25, -0.2) is 9.13 Å². The zero-order valence-electron chi connectivity index (χ0n) is 59.3. The van der Waals surface area contributed by atoms with Gasteiger partial charge in [0.25, 0.3) is 0 Å². The molecule has 0 aliphatic carbocycles. The number of hydrogen-bond donors (Lipinski definition) is 3. The third kappa shape index (κ3) is 66.5. The van der Waals surface area contributed by atoms with Crippen LogP contribution in [-0.2, 0) is 65.4 Å². The Kier molecular flexibility index (Phi) is 61.5. The number of phosphoric ester groups is 2. The maximum atomic E-state index is 13.0. The van der Waals surface area contributed by atoms with Crippen LogP contribution in [0.15, 0.2) is 0 Å². The number of carbonyl (C=O) groups is 4. The number of unbranched alkanes of at least 4 members (excludes halogenated alkanes) is 38. The molecule has 0 fully saturated rings. The topological polar surface area (TPSA) is 237 Å². The summed E-state index contributed by atoms with van der Waals surface area (Å²) in [5.74, 6) is 0.172. The maximum Gasteiger partial charge on any atom is 0.472 e. The Hall–Kier alpha value is -1.94. The first-order chi connectivity index (χ1) is 43.7. The third-order valence-electron chi connectivity index (χ3n) is 16.6. The molecule has 540 valence electrons. The van der Waals surface area contributed by atoms with E-state index in [1.807, 2.05) is 0 Å². The third-order valence-corrected chi connectivity index (χ3v) is 18.5. The van der Waals surface area contributed by atoms with E-state index in [4.69, 9.17) is 37.0 Å². The van der Waals surface area contributed by atoms with E-state index in [1.54, 1.807) is 0 Å².